The molecule has 1 saturated carbocycles. The van der Waals surface area contributed by atoms with E-state index in [1.807, 2.05) is 0 Å². The Morgan fingerprint density at radius 2 is 2.40 bits per heavy atom. The number of carbonyl (C=O) groups is 1. The van der Waals surface area contributed by atoms with Crippen LogP contribution in [0.5, 0.6) is 0 Å². The van der Waals surface area contributed by atoms with E-state index in [0.717, 1.165) is 11.7 Å². The van der Waals surface area contributed by atoms with Gasteiger partial charge in [-0.05, 0) is 30.7 Å². The second-order valence-corrected chi connectivity index (χ2v) is 4.12. The lowest BCUT2D eigenvalue weighted by Gasteiger charge is -2.23. The van der Waals surface area contributed by atoms with E-state index in [1.54, 1.807) is 11.9 Å². The summed E-state index contributed by atoms with van der Waals surface area (Å²) in [6, 6.07) is 0. The minimum absolute atomic E-state index is 0.230. The second kappa shape index (κ2) is 2.46. The molecule has 2 fully saturated rings. The number of fused-ring (bicyclic) bond motifs is 1. The molecule has 1 saturated heterocycles. The van der Waals surface area contributed by atoms with Crippen LogP contribution in [0.25, 0.3) is 0 Å². The molecule has 2 rings (SSSR count). The maximum absolute atomic E-state index is 10.9. The predicted molar refractivity (Wildman–Crippen MR) is 41.5 cm³/mol. The lowest BCUT2D eigenvalue weighted by Crippen LogP contribution is -2.31. The quantitative estimate of drug-likeness (QED) is 0.537. The number of rotatable bonds is 0. The molecule has 1 N–H and O–H groups in total. The van der Waals surface area contributed by atoms with Crippen LogP contribution < -0.4 is 4.72 Å². The first-order chi connectivity index (χ1) is 4.86. The highest BCUT2D eigenvalue weighted by atomic mass is 32.2. The van der Waals surface area contributed by atoms with Crippen molar-refractivity contribution in [3.63, 3.8) is 0 Å². The molecule has 0 spiro atoms. The van der Waals surface area contributed by atoms with Gasteiger partial charge in [0.2, 0.25) is 5.91 Å². The van der Waals surface area contributed by atoms with Crippen LogP contribution in [-0.4, -0.2) is 11.2 Å². The molecular weight excluding hydrogens is 146 g/mol. The van der Waals surface area contributed by atoms with Crippen molar-refractivity contribution in [3.8, 4) is 0 Å². The molecule has 0 aromatic heterocycles. The molecule has 1 heterocycles. The summed E-state index contributed by atoms with van der Waals surface area (Å²) in [5, 5.41) is 0.734. The minimum Gasteiger partial charge on any atom is -0.300 e. The summed E-state index contributed by atoms with van der Waals surface area (Å²) < 4.78 is 2.83. The third-order valence-corrected chi connectivity index (χ3v) is 3.63. The normalized spacial score (nSPS) is 39.0. The summed E-state index contributed by atoms with van der Waals surface area (Å²) in [6.07, 6.45) is 4.66. The topological polar surface area (TPSA) is 29.1 Å². The van der Waals surface area contributed by atoms with Crippen LogP contribution >= 0.6 is 11.9 Å². The van der Waals surface area contributed by atoms with Crippen molar-refractivity contribution in [1.82, 2.24) is 4.72 Å². The van der Waals surface area contributed by atoms with Crippen molar-refractivity contribution in [2.75, 3.05) is 0 Å². The van der Waals surface area contributed by atoms with E-state index in [-0.39, 0.29) is 5.91 Å². The molecule has 0 radical (unpaired) electrons. The van der Waals surface area contributed by atoms with E-state index in [0.29, 0.717) is 5.92 Å². The number of hydrogen-bond donors (Lipinski definition) is 1. The second-order valence-electron chi connectivity index (χ2n) is 3.08. The monoisotopic (exact) mass is 157 g/mol. The van der Waals surface area contributed by atoms with Gasteiger partial charge in [-0.2, -0.15) is 0 Å². The summed E-state index contributed by atoms with van der Waals surface area (Å²) >= 11 is 1.64. The zero-order valence-electron chi connectivity index (χ0n) is 5.80. The van der Waals surface area contributed by atoms with Crippen molar-refractivity contribution in [2.45, 2.75) is 30.9 Å². The zero-order chi connectivity index (χ0) is 6.97. The summed E-state index contributed by atoms with van der Waals surface area (Å²) in [4.78, 5) is 10.9. The van der Waals surface area contributed by atoms with E-state index < -0.39 is 0 Å². The van der Waals surface area contributed by atoms with Gasteiger partial charge in [0.1, 0.15) is 0 Å². The Kier molecular flexibility index (Phi) is 1.60. The number of nitrogens with one attached hydrogen (secondary N) is 1. The van der Waals surface area contributed by atoms with Crippen LogP contribution in [-0.2, 0) is 4.79 Å². The largest absolute Gasteiger partial charge is 0.300 e. The molecular formula is C7H11NOS. The molecule has 0 aromatic carbocycles. The SMILES string of the molecule is O=C1CC2CCCC2SN1. The van der Waals surface area contributed by atoms with Crippen LogP contribution in [0, 0.1) is 5.92 Å². The van der Waals surface area contributed by atoms with Crippen LogP contribution in [0.15, 0.2) is 0 Å². The van der Waals surface area contributed by atoms with E-state index in [9.17, 15) is 4.79 Å². The molecule has 1 aliphatic heterocycles. The Morgan fingerprint density at radius 1 is 1.50 bits per heavy atom. The van der Waals surface area contributed by atoms with Gasteiger partial charge >= 0.3 is 0 Å². The molecule has 0 bridgehead atoms. The summed E-state index contributed by atoms with van der Waals surface area (Å²) in [5.41, 5.74) is 0. The first-order valence-electron chi connectivity index (χ1n) is 3.81. The van der Waals surface area contributed by atoms with Crippen LogP contribution in [0.4, 0.5) is 0 Å². The molecule has 3 heteroatoms. The van der Waals surface area contributed by atoms with Crippen LogP contribution in [0.3, 0.4) is 0 Å². The van der Waals surface area contributed by atoms with E-state index >= 15 is 0 Å². The molecule has 10 heavy (non-hydrogen) atoms. The molecule has 2 nitrogen and oxygen atoms in total. The summed E-state index contributed by atoms with van der Waals surface area (Å²) in [7, 11) is 0. The highest BCUT2D eigenvalue weighted by molar-refractivity contribution is 7.98. The van der Waals surface area contributed by atoms with Crippen molar-refractivity contribution >= 4 is 17.9 Å². The van der Waals surface area contributed by atoms with Gasteiger partial charge in [-0.1, -0.05) is 6.42 Å². The summed E-state index contributed by atoms with van der Waals surface area (Å²) in [6.45, 7) is 0. The maximum atomic E-state index is 10.9. The lowest BCUT2D eigenvalue weighted by atomic mass is 10.0. The Labute approximate surface area is 64.9 Å². The smallest absolute Gasteiger partial charge is 0.230 e. The predicted octanol–water partition coefficient (Wildman–Crippen LogP) is 1.32. The molecule has 2 atom stereocenters. The molecule has 2 aliphatic rings. The average molecular weight is 157 g/mol. The van der Waals surface area contributed by atoms with Gasteiger partial charge < -0.3 is 0 Å². The van der Waals surface area contributed by atoms with E-state index in [1.165, 1.54) is 19.3 Å². The lowest BCUT2D eigenvalue weighted by molar-refractivity contribution is -0.120. The van der Waals surface area contributed by atoms with Crippen molar-refractivity contribution in [1.29, 1.82) is 0 Å². The fraction of sp³-hybridized carbons (Fsp3) is 0.857. The van der Waals surface area contributed by atoms with Gasteiger partial charge in [-0.3, -0.25) is 9.52 Å². The van der Waals surface area contributed by atoms with E-state index in [4.69, 9.17) is 0 Å². The first kappa shape index (κ1) is 6.53. The Bertz CT molecular complexity index is 160. The van der Waals surface area contributed by atoms with E-state index in [2.05, 4.69) is 4.72 Å². The molecule has 0 aromatic rings. The number of carbonyl (C=O) groups excluding carboxylic acids is 1. The zero-order valence-corrected chi connectivity index (χ0v) is 6.62. The van der Waals surface area contributed by atoms with Gasteiger partial charge in [0.25, 0.3) is 0 Å². The highest BCUT2D eigenvalue weighted by Gasteiger charge is 2.33. The fourth-order valence-electron chi connectivity index (χ4n) is 1.81. The molecule has 1 amide bonds. The van der Waals surface area contributed by atoms with Gasteiger partial charge in [0, 0.05) is 11.7 Å². The standard InChI is InChI=1S/C7H11NOS/c9-7-4-5-2-1-3-6(5)10-8-7/h5-6H,1-4H2,(H,8,9). The maximum Gasteiger partial charge on any atom is 0.230 e. The Morgan fingerprint density at radius 3 is 3.30 bits per heavy atom. The average Bonchev–Trinajstić information content (AvgIpc) is 2.33. The third kappa shape index (κ3) is 1.03. The van der Waals surface area contributed by atoms with Crippen molar-refractivity contribution in [3.05, 3.63) is 0 Å². The van der Waals surface area contributed by atoms with Gasteiger partial charge in [0.15, 0.2) is 0 Å². The molecule has 2 unspecified atom stereocenters. The summed E-state index contributed by atoms with van der Waals surface area (Å²) in [5.74, 6) is 0.923. The van der Waals surface area contributed by atoms with Crippen molar-refractivity contribution < 1.29 is 4.79 Å². The van der Waals surface area contributed by atoms with Gasteiger partial charge in [-0.15, -0.1) is 0 Å². The number of amides is 1. The fourth-order valence-corrected chi connectivity index (χ4v) is 2.89. The third-order valence-electron chi connectivity index (χ3n) is 2.36. The minimum atomic E-state index is 0.230. The Hall–Kier alpha value is -0.180. The van der Waals surface area contributed by atoms with Crippen LogP contribution in [0.2, 0.25) is 0 Å². The first-order valence-corrected chi connectivity index (χ1v) is 4.69. The van der Waals surface area contributed by atoms with Gasteiger partial charge in [0.05, 0.1) is 0 Å². The molecule has 56 valence electrons. The Balaban J connectivity index is 2.03. The number of hydrogen-bond acceptors (Lipinski definition) is 2. The van der Waals surface area contributed by atoms with Gasteiger partial charge in [-0.25, -0.2) is 0 Å². The van der Waals surface area contributed by atoms with Crippen molar-refractivity contribution in [2.24, 2.45) is 5.92 Å². The highest BCUT2D eigenvalue weighted by Crippen LogP contribution is 2.38. The van der Waals surface area contributed by atoms with Crippen LogP contribution in [0.1, 0.15) is 25.7 Å². The molecule has 1 aliphatic carbocycles.